The fourth-order valence-electron chi connectivity index (χ4n) is 12.7. The normalized spacial score (nSPS) is 16.1. The van der Waals surface area contributed by atoms with E-state index in [-0.39, 0.29) is 5.41 Å². The van der Waals surface area contributed by atoms with Gasteiger partial charge in [0.25, 0.3) is 0 Å². The number of benzene rings is 9. The molecular weight excluding hydrogens is 771 g/mol. The number of para-hydroxylation sites is 2. The average Bonchev–Trinajstić information content (AvgIpc) is 3.94. The summed E-state index contributed by atoms with van der Waals surface area (Å²) in [5.74, 6) is 0. The van der Waals surface area contributed by atoms with Crippen LogP contribution in [0.2, 0.25) is 0 Å². The molecule has 3 aliphatic heterocycles. The Kier molecular flexibility index (Phi) is 6.54. The Bertz CT molecular complexity index is 3440. The van der Waals surface area contributed by atoms with E-state index in [0.717, 1.165) is 0 Å². The molecule has 0 amide bonds. The van der Waals surface area contributed by atoms with Crippen LogP contribution in [-0.4, -0.2) is 8.07 Å². The zero-order valence-corrected chi connectivity index (χ0v) is 35.7. The van der Waals surface area contributed by atoms with Crippen molar-refractivity contribution in [2.45, 2.75) is 24.7 Å². The summed E-state index contributed by atoms with van der Waals surface area (Å²) in [7, 11) is -2.65. The number of hydrogen-bond acceptors (Lipinski definition) is 2. The molecule has 1 aliphatic carbocycles. The summed E-state index contributed by atoms with van der Waals surface area (Å²) >= 11 is 1.92. The second-order valence-corrected chi connectivity index (χ2v) is 22.6. The minimum atomic E-state index is -2.65. The fraction of sp³-hybridized carbons (Fsp3) is 0.0690. The topological polar surface area (TPSA) is 3.24 Å². The molecule has 0 atom stereocenters. The largest absolute Gasteiger partial charge is 0.310 e. The molecule has 2 spiro atoms. The molecular formula is C58H39NSSi. The third-order valence-corrected chi connectivity index (χ3v) is 21.0. The Morgan fingerprint density at radius 1 is 0.410 bits per heavy atom. The summed E-state index contributed by atoms with van der Waals surface area (Å²) in [6.07, 6.45) is 0. The zero-order chi connectivity index (χ0) is 40.2. The highest BCUT2D eigenvalue weighted by Gasteiger charge is 2.56. The van der Waals surface area contributed by atoms with Gasteiger partial charge in [0, 0.05) is 31.3 Å². The van der Waals surface area contributed by atoms with Crippen molar-refractivity contribution in [2.75, 3.05) is 4.90 Å². The van der Waals surface area contributed by atoms with Crippen molar-refractivity contribution in [1.82, 2.24) is 0 Å². The predicted octanol–water partition coefficient (Wildman–Crippen LogP) is 12.2. The second kappa shape index (κ2) is 11.7. The molecule has 0 fully saturated rings. The summed E-state index contributed by atoms with van der Waals surface area (Å²) in [5, 5.41) is 8.75. The third kappa shape index (κ3) is 3.94. The van der Waals surface area contributed by atoms with E-state index in [1.807, 2.05) is 11.3 Å². The first-order valence-corrected chi connectivity index (χ1v) is 24.3. The van der Waals surface area contributed by atoms with Crippen LogP contribution in [-0.2, 0) is 10.8 Å². The van der Waals surface area contributed by atoms with Crippen molar-refractivity contribution >= 4 is 77.4 Å². The van der Waals surface area contributed by atoms with E-state index in [0.29, 0.717) is 0 Å². The SMILES string of the molecule is CC1(C)c2ccccc2C2(c3ccccc3N(c3ccc4c(c3)[Si]3(c5ccccc5-c5ccccc53)c3ccccc3-4)c3ccccc32)c2ccc3sc4ccccc4c3c21. The van der Waals surface area contributed by atoms with Crippen LogP contribution in [0.1, 0.15) is 47.2 Å². The molecule has 0 bridgehead atoms. The molecule has 286 valence electrons. The van der Waals surface area contributed by atoms with Gasteiger partial charge in [0.2, 0.25) is 0 Å². The van der Waals surface area contributed by atoms with Crippen LogP contribution in [0.5, 0.6) is 0 Å². The van der Waals surface area contributed by atoms with E-state index in [1.165, 1.54) is 114 Å². The van der Waals surface area contributed by atoms with Crippen molar-refractivity contribution in [3.8, 4) is 22.3 Å². The molecule has 3 heteroatoms. The number of nitrogens with zero attached hydrogens (tertiary/aromatic N) is 1. The molecule has 0 unspecified atom stereocenters. The van der Waals surface area contributed by atoms with Gasteiger partial charge < -0.3 is 4.90 Å². The van der Waals surface area contributed by atoms with Crippen LogP contribution in [0.15, 0.2) is 200 Å². The second-order valence-electron chi connectivity index (χ2n) is 17.9. The first kappa shape index (κ1) is 34.0. The van der Waals surface area contributed by atoms with Crippen LogP contribution < -0.4 is 25.6 Å². The Labute approximate surface area is 360 Å². The van der Waals surface area contributed by atoms with E-state index in [9.17, 15) is 0 Å². The van der Waals surface area contributed by atoms with Crippen LogP contribution in [0, 0.1) is 0 Å². The molecule has 14 rings (SSSR count). The van der Waals surface area contributed by atoms with Gasteiger partial charge in [0.05, 0.1) is 16.8 Å². The number of fused-ring (bicyclic) bond motifs is 22. The van der Waals surface area contributed by atoms with Gasteiger partial charge >= 0.3 is 0 Å². The summed E-state index contributed by atoms with van der Waals surface area (Å²) in [6.45, 7) is 4.91. The predicted molar refractivity (Wildman–Crippen MR) is 260 cm³/mol. The first-order chi connectivity index (χ1) is 30.0. The van der Waals surface area contributed by atoms with Crippen LogP contribution in [0.4, 0.5) is 17.1 Å². The monoisotopic (exact) mass is 809 g/mol. The Morgan fingerprint density at radius 2 is 0.918 bits per heavy atom. The van der Waals surface area contributed by atoms with E-state index in [1.54, 1.807) is 0 Å². The zero-order valence-electron chi connectivity index (χ0n) is 33.9. The molecule has 4 aliphatic rings. The maximum atomic E-state index is 2.60. The smallest absolute Gasteiger partial charge is 0.182 e. The molecule has 0 saturated heterocycles. The maximum absolute atomic E-state index is 2.65. The third-order valence-electron chi connectivity index (χ3n) is 14.9. The van der Waals surface area contributed by atoms with E-state index < -0.39 is 13.5 Å². The van der Waals surface area contributed by atoms with Gasteiger partial charge in [-0.3, -0.25) is 0 Å². The summed E-state index contributed by atoms with van der Waals surface area (Å²) in [6, 6.07) is 77.1. The number of rotatable bonds is 1. The summed E-state index contributed by atoms with van der Waals surface area (Å²) in [4.78, 5) is 2.59. The quantitative estimate of drug-likeness (QED) is 0.149. The molecule has 1 nitrogen and oxygen atoms in total. The van der Waals surface area contributed by atoms with E-state index >= 15 is 0 Å². The average molecular weight is 810 g/mol. The van der Waals surface area contributed by atoms with Gasteiger partial charge in [-0.1, -0.05) is 178 Å². The highest BCUT2D eigenvalue weighted by atomic mass is 32.1. The Hall–Kier alpha value is -6.78. The lowest BCUT2D eigenvalue weighted by Crippen LogP contribution is -2.70. The molecule has 9 aromatic carbocycles. The lowest BCUT2D eigenvalue weighted by Gasteiger charge is -2.52. The van der Waals surface area contributed by atoms with Crippen molar-refractivity contribution in [3.05, 3.63) is 234 Å². The van der Waals surface area contributed by atoms with Crippen molar-refractivity contribution in [1.29, 1.82) is 0 Å². The molecule has 4 heterocycles. The number of anilines is 3. The highest BCUT2D eigenvalue weighted by Crippen LogP contribution is 2.64. The van der Waals surface area contributed by atoms with Crippen molar-refractivity contribution in [2.24, 2.45) is 0 Å². The lowest BCUT2D eigenvalue weighted by molar-refractivity contribution is 0.562. The first-order valence-electron chi connectivity index (χ1n) is 21.5. The van der Waals surface area contributed by atoms with Crippen molar-refractivity contribution in [3.63, 3.8) is 0 Å². The molecule has 10 aromatic rings. The lowest BCUT2D eigenvalue weighted by atomic mass is 9.52. The van der Waals surface area contributed by atoms with E-state index in [2.05, 4.69) is 219 Å². The molecule has 0 radical (unpaired) electrons. The van der Waals surface area contributed by atoms with Crippen molar-refractivity contribution < 1.29 is 0 Å². The molecule has 0 N–H and O–H groups in total. The van der Waals surface area contributed by atoms with Gasteiger partial charge in [-0.2, -0.15) is 0 Å². The fourth-order valence-corrected chi connectivity index (χ4v) is 19.5. The minimum Gasteiger partial charge on any atom is -0.310 e. The van der Waals surface area contributed by atoms with E-state index in [4.69, 9.17) is 0 Å². The maximum Gasteiger partial charge on any atom is 0.182 e. The highest BCUT2D eigenvalue weighted by molar-refractivity contribution is 7.26. The van der Waals surface area contributed by atoms with Crippen LogP contribution >= 0.6 is 11.3 Å². The standard InChI is InChI=1S/C58H39NSSi/c1-57(2)42-21-7-8-22-43(42)58(46-33-34-50-55(56(46)57)41-20-3-13-27-49(41)60-50)44-23-9-11-25-47(44)59(48-26-12-10-24-45(48)58)36-31-32-40-39-19-6-16-30-53(39)61(54(40)35-36)51-28-14-4-17-37(51)38-18-5-15-29-52(38)61/h3-35H,1-2H3. The Morgan fingerprint density at radius 3 is 1.56 bits per heavy atom. The van der Waals surface area contributed by atoms with Crippen LogP contribution in [0.3, 0.4) is 0 Å². The summed E-state index contributed by atoms with van der Waals surface area (Å²) in [5.41, 5.74) is 16.7. The number of hydrogen-bond donors (Lipinski definition) is 0. The van der Waals surface area contributed by atoms with Crippen LogP contribution in [0.25, 0.3) is 42.4 Å². The molecule has 0 saturated carbocycles. The van der Waals surface area contributed by atoms with Gasteiger partial charge in [-0.25, -0.2) is 0 Å². The van der Waals surface area contributed by atoms with Gasteiger partial charge in [-0.15, -0.1) is 11.3 Å². The molecule has 61 heavy (non-hydrogen) atoms. The number of thiophene rings is 1. The van der Waals surface area contributed by atoms with Gasteiger partial charge in [0.1, 0.15) is 0 Å². The Balaban J connectivity index is 1.08. The molecule has 1 aromatic heterocycles. The van der Waals surface area contributed by atoms with Gasteiger partial charge in [0.15, 0.2) is 8.07 Å². The summed E-state index contributed by atoms with van der Waals surface area (Å²) < 4.78 is 2.70. The minimum absolute atomic E-state index is 0.233. The van der Waals surface area contributed by atoms with Gasteiger partial charge in [-0.05, 0) is 113 Å².